The SMILES string of the molecule is [2H]C(C)(CCOC(C)=O)c1ccccc1. The molecular formula is C12H16O2. The van der Waals surface area contributed by atoms with Gasteiger partial charge in [0.25, 0.3) is 0 Å². The van der Waals surface area contributed by atoms with E-state index in [1.54, 1.807) is 0 Å². The molecule has 0 spiro atoms. The zero-order chi connectivity index (χ0) is 11.3. The van der Waals surface area contributed by atoms with E-state index in [0.29, 0.717) is 13.0 Å². The first-order valence-electron chi connectivity index (χ1n) is 5.21. The van der Waals surface area contributed by atoms with Crippen molar-refractivity contribution in [1.29, 1.82) is 0 Å². The van der Waals surface area contributed by atoms with Gasteiger partial charge < -0.3 is 4.74 Å². The summed E-state index contributed by atoms with van der Waals surface area (Å²) in [5.74, 6) is -0.990. The van der Waals surface area contributed by atoms with Crippen LogP contribution < -0.4 is 0 Å². The first kappa shape index (κ1) is 9.25. The van der Waals surface area contributed by atoms with Gasteiger partial charge in [-0.05, 0) is 17.9 Å². The molecule has 0 saturated heterocycles. The van der Waals surface area contributed by atoms with Crippen molar-refractivity contribution in [1.82, 2.24) is 0 Å². The lowest BCUT2D eigenvalue weighted by molar-refractivity contribution is -0.141. The molecule has 1 atom stereocenters. The Labute approximate surface area is 86.3 Å². The molecule has 1 rings (SSSR count). The summed E-state index contributed by atoms with van der Waals surface area (Å²) in [6.07, 6.45) is 0.511. The molecule has 14 heavy (non-hydrogen) atoms. The lowest BCUT2D eigenvalue weighted by Crippen LogP contribution is -2.04. The molecular weight excluding hydrogens is 176 g/mol. The molecule has 0 bridgehead atoms. The van der Waals surface area contributed by atoms with E-state index in [-0.39, 0.29) is 5.97 Å². The maximum Gasteiger partial charge on any atom is 0.302 e. The average molecular weight is 193 g/mol. The summed E-state index contributed by atoms with van der Waals surface area (Å²) in [5, 5.41) is 0. The highest BCUT2D eigenvalue weighted by Gasteiger charge is 2.04. The molecule has 0 fully saturated rings. The Bertz CT molecular complexity index is 320. The summed E-state index contributed by atoms with van der Waals surface area (Å²) in [5.41, 5.74) is 0.942. The van der Waals surface area contributed by atoms with Crippen molar-refractivity contribution in [2.45, 2.75) is 26.2 Å². The molecule has 0 heterocycles. The van der Waals surface area contributed by atoms with Crippen LogP contribution in [0.1, 0.15) is 33.1 Å². The number of carbonyl (C=O) groups excluding carboxylic acids is 1. The van der Waals surface area contributed by atoms with Crippen molar-refractivity contribution in [2.75, 3.05) is 6.61 Å². The Morgan fingerprint density at radius 1 is 1.50 bits per heavy atom. The second-order valence-corrected chi connectivity index (χ2v) is 3.24. The predicted octanol–water partition coefficient (Wildman–Crippen LogP) is 2.74. The Balaban J connectivity index is 2.56. The average Bonchev–Trinajstić information content (AvgIpc) is 2.18. The van der Waals surface area contributed by atoms with Crippen LogP contribution in [0.2, 0.25) is 0 Å². The van der Waals surface area contributed by atoms with E-state index in [1.165, 1.54) is 6.92 Å². The van der Waals surface area contributed by atoms with Gasteiger partial charge in [0.2, 0.25) is 0 Å². The van der Waals surface area contributed by atoms with Crippen LogP contribution in [0, 0.1) is 0 Å². The summed E-state index contributed by atoms with van der Waals surface area (Å²) < 4.78 is 13.0. The highest BCUT2D eigenvalue weighted by atomic mass is 16.5. The van der Waals surface area contributed by atoms with Gasteiger partial charge in [-0.3, -0.25) is 4.79 Å². The Morgan fingerprint density at radius 2 is 2.14 bits per heavy atom. The minimum atomic E-state index is -0.698. The van der Waals surface area contributed by atoms with Crippen molar-refractivity contribution in [3.63, 3.8) is 0 Å². The molecule has 0 amide bonds. The lowest BCUT2D eigenvalue weighted by atomic mass is 9.98. The molecule has 0 saturated carbocycles. The van der Waals surface area contributed by atoms with Crippen LogP contribution in [0.5, 0.6) is 0 Å². The van der Waals surface area contributed by atoms with Gasteiger partial charge in [0.1, 0.15) is 0 Å². The van der Waals surface area contributed by atoms with Gasteiger partial charge in [-0.1, -0.05) is 37.3 Å². The first-order chi connectivity index (χ1) is 7.02. The molecule has 0 aromatic heterocycles. The van der Waals surface area contributed by atoms with E-state index in [1.807, 2.05) is 37.3 Å². The number of ether oxygens (including phenoxy) is 1. The van der Waals surface area contributed by atoms with Crippen molar-refractivity contribution < 1.29 is 10.9 Å². The molecule has 2 nitrogen and oxygen atoms in total. The molecule has 0 aliphatic rings. The van der Waals surface area contributed by atoms with Gasteiger partial charge in [-0.25, -0.2) is 0 Å². The van der Waals surface area contributed by atoms with Crippen LogP contribution >= 0.6 is 0 Å². The largest absolute Gasteiger partial charge is 0.466 e. The highest BCUT2D eigenvalue weighted by molar-refractivity contribution is 5.65. The second-order valence-electron chi connectivity index (χ2n) is 3.24. The van der Waals surface area contributed by atoms with Crippen molar-refractivity contribution in [3.8, 4) is 0 Å². The summed E-state index contributed by atoms with van der Waals surface area (Å²) in [6.45, 7) is 3.50. The number of hydrogen-bond acceptors (Lipinski definition) is 2. The summed E-state index contributed by atoms with van der Waals surface area (Å²) in [4.78, 5) is 10.6. The fourth-order valence-electron chi connectivity index (χ4n) is 1.21. The maximum absolute atomic E-state index is 10.6. The normalized spacial score (nSPS) is 15.4. The molecule has 1 aromatic rings. The number of benzene rings is 1. The third-order valence-electron chi connectivity index (χ3n) is 2.05. The van der Waals surface area contributed by atoms with Gasteiger partial charge >= 0.3 is 5.97 Å². The molecule has 2 heteroatoms. The highest BCUT2D eigenvalue weighted by Crippen LogP contribution is 2.17. The minimum Gasteiger partial charge on any atom is -0.466 e. The number of carbonyl (C=O) groups is 1. The van der Waals surface area contributed by atoms with Crippen LogP contribution in [0.3, 0.4) is 0 Å². The van der Waals surface area contributed by atoms with Gasteiger partial charge in [0.15, 0.2) is 0 Å². The monoisotopic (exact) mass is 193 g/mol. The maximum atomic E-state index is 10.6. The van der Waals surface area contributed by atoms with E-state index in [2.05, 4.69) is 0 Å². The van der Waals surface area contributed by atoms with E-state index in [9.17, 15) is 4.79 Å². The van der Waals surface area contributed by atoms with Crippen molar-refractivity contribution in [3.05, 3.63) is 35.9 Å². The van der Waals surface area contributed by atoms with Gasteiger partial charge in [0.05, 0.1) is 6.61 Å². The smallest absolute Gasteiger partial charge is 0.302 e. The number of hydrogen-bond donors (Lipinski definition) is 0. The molecule has 0 N–H and O–H groups in total. The quantitative estimate of drug-likeness (QED) is 0.687. The lowest BCUT2D eigenvalue weighted by Gasteiger charge is -2.11. The summed E-state index contributed by atoms with van der Waals surface area (Å²) >= 11 is 0. The standard InChI is InChI=1S/C12H16O2/c1-10(8-9-14-11(2)13)12-6-4-3-5-7-12/h3-7,10H,8-9H2,1-2H3/i10D. The topological polar surface area (TPSA) is 26.3 Å². The summed E-state index contributed by atoms with van der Waals surface area (Å²) in [6, 6.07) is 9.58. The Morgan fingerprint density at radius 3 is 2.71 bits per heavy atom. The first-order valence-corrected chi connectivity index (χ1v) is 4.71. The Hall–Kier alpha value is -1.31. The Kier molecular flexibility index (Phi) is 3.59. The van der Waals surface area contributed by atoms with Crippen LogP contribution in [-0.4, -0.2) is 12.6 Å². The third-order valence-corrected chi connectivity index (χ3v) is 2.05. The zero-order valence-corrected chi connectivity index (χ0v) is 8.62. The third kappa shape index (κ3) is 3.60. The van der Waals surface area contributed by atoms with Crippen molar-refractivity contribution in [2.24, 2.45) is 0 Å². The number of esters is 1. The van der Waals surface area contributed by atoms with Crippen molar-refractivity contribution >= 4 is 5.97 Å². The predicted molar refractivity (Wildman–Crippen MR) is 56.1 cm³/mol. The zero-order valence-electron chi connectivity index (χ0n) is 9.62. The second kappa shape index (κ2) is 5.43. The van der Waals surface area contributed by atoms with Crippen LogP contribution in [0.15, 0.2) is 30.3 Å². The molecule has 76 valence electrons. The van der Waals surface area contributed by atoms with E-state index >= 15 is 0 Å². The van der Waals surface area contributed by atoms with Crippen LogP contribution in [0.4, 0.5) is 0 Å². The van der Waals surface area contributed by atoms with E-state index in [0.717, 1.165) is 5.56 Å². The van der Waals surface area contributed by atoms with Gasteiger partial charge in [0, 0.05) is 8.29 Å². The molecule has 0 radical (unpaired) electrons. The molecule has 1 aromatic carbocycles. The van der Waals surface area contributed by atoms with Gasteiger partial charge in [-0.2, -0.15) is 0 Å². The summed E-state index contributed by atoms with van der Waals surface area (Å²) in [7, 11) is 0. The van der Waals surface area contributed by atoms with E-state index in [4.69, 9.17) is 6.11 Å². The van der Waals surface area contributed by atoms with Crippen LogP contribution in [-0.2, 0) is 9.53 Å². The van der Waals surface area contributed by atoms with Crippen LogP contribution in [0.25, 0.3) is 0 Å². The molecule has 1 unspecified atom stereocenters. The fraction of sp³-hybridized carbons (Fsp3) is 0.417. The number of rotatable bonds is 4. The minimum absolute atomic E-state index is 0.293. The molecule has 0 aliphatic carbocycles. The molecule has 0 aliphatic heterocycles. The van der Waals surface area contributed by atoms with E-state index < -0.39 is 5.89 Å². The fourth-order valence-corrected chi connectivity index (χ4v) is 1.21. The van der Waals surface area contributed by atoms with Gasteiger partial charge in [-0.15, -0.1) is 0 Å².